The van der Waals surface area contributed by atoms with Crippen molar-refractivity contribution in [1.29, 1.82) is 0 Å². The highest BCUT2D eigenvalue weighted by Crippen LogP contribution is 2.39. The van der Waals surface area contributed by atoms with Crippen molar-refractivity contribution in [3.63, 3.8) is 0 Å². The molecular formula is C19H25ClN2O2. The summed E-state index contributed by atoms with van der Waals surface area (Å²) in [5.74, 6) is -0.211. The summed E-state index contributed by atoms with van der Waals surface area (Å²) in [6, 6.07) is 6.83. The molecule has 24 heavy (non-hydrogen) atoms. The van der Waals surface area contributed by atoms with E-state index in [-0.39, 0.29) is 5.97 Å². The maximum atomic E-state index is 9.82. The second kappa shape index (κ2) is 7.58. The minimum Gasteiger partial charge on any atom is -0.466 e. The third-order valence-electron chi connectivity index (χ3n) is 4.84. The first-order valence-electron chi connectivity index (χ1n) is 8.77. The highest BCUT2D eigenvalue weighted by Gasteiger charge is 2.31. The normalized spacial score (nSPS) is 19.9. The average molecular weight is 349 g/mol. The number of hydrogen-bond donors (Lipinski definition) is 1. The molecule has 1 atom stereocenters. The van der Waals surface area contributed by atoms with Crippen LogP contribution in [0.1, 0.15) is 50.4 Å². The fourth-order valence-corrected chi connectivity index (χ4v) is 4.01. The molecule has 0 spiro atoms. The van der Waals surface area contributed by atoms with Gasteiger partial charge in [-0.05, 0) is 56.5 Å². The van der Waals surface area contributed by atoms with Crippen LogP contribution in [0.25, 0.3) is 10.9 Å². The molecule has 1 N–H and O–H groups in total. The van der Waals surface area contributed by atoms with E-state index in [9.17, 15) is 4.79 Å². The summed E-state index contributed by atoms with van der Waals surface area (Å²) in [5, 5.41) is 2.18. The Morgan fingerprint density at radius 3 is 2.92 bits per heavy atom. The Hall–Kier alpha value is -1.52. The number of halogens is 1. The fraction of sp³-hybridized carbons (Fsp3) is 0.526. The number of nitrogens with one attached hydrogen (secondary N) is 1. The van der Waals surface area contributed by atoms with Crippen LogP contribution in [-0.2, 0) is 16.0 Å². The first-order valence-corrected chi connectivity index (χ1v) is 9.15. The molecule has 130 valence electrons. The Labute approximate surface area is 148 Å². The van der Waals surface area contributed by atoms with Gasteiger partial charge in [-0.15, -0.1) is 0 Å². The van der Waals surface area contributed by atoms with Gasteiger partial charge in [-0.1, -0.05) is 18.0 Å². The second-order valence-corrected chi connectivity index (χ2v) is 6.87. The monoisotopic (exact) mass is 348 g/mol. The number of carbonyl (C=O) groups excluding carboxylic acids is 1. The molecule has 5 heteroatoms. The standard InChI is InChI=1S/C15H17ClN2.C4H8O2/c16-10-4-5-13-12(9-10)11-6-8-18-7-2-1-3-14(18)15(11)17-13;1-3-6-4(2)5/h4-5,9,14,17H,1-3,6-8H2;3H2,1-2H3. The summed E-state index contributed by atoms with van der Waals surface area (Å²) in [5.41, 5.74) is 4.21. The van der Waals surface area contributed by atoms with Gasteiger partial charge in [-0.25, -0.2) is 0 Å². The van der Waals surface area contributed by atoms with E-state index in [0.29, 0.717) is 12.6 Å². The van der Waals surface area contributed by atoms with Gasteiger partial charge in [-0.3, -0.25) is 9.69 Å². The molecule has 2 aliphatic rings. The van der Waals surface area contributed by atoms with Crippen molar-refractivity contribution < 1.29 is 9.53 Å². The molecule has 0 radical (unpaired) electrons. The van der Waals surface area contributed by atoms with Gasteiger partial charge >= 0.3 is 5.97 Å². The molecule has 1 saturated heterocycles. The van der Waals surface area contributed by atoms with Crippen LogP contribution in [0.3, 0.4) is 0 Å². The Kier molecular flexibility index (Phi) is 5.47. The van der Waals surface area contributed by atoms with E-state index in [1.807, 2.05) is 6.07 Å². The highest BCUT2D eigenvalue weighted by molar-refractivity contribution is 6.31. The zero-order valence-corrected chi connectivity index (χ0v) is 15.2. The zero-order chi connectivity index (χ0) is 17.1. The molecule has 0 saturated carbocycles. The van der Waals surface area contributed by atoms with Crippen molar-refractivity contribution >= 4 is 28.5 Å². The van der Waals surface area contributed by atoms with E-state index >= 15 is 0 Å². The van der Waals surface area contributed by atoms with Crippen molar-refractivity contribution in [2.75, 3.05) is 19.7 Å². The number of ether oxygens (including phenoxy) is 1. The molecule has 4 nitrogen and oxygen atoms in total. The lowest BCUT2D eigenvalue weighted by atomic mass is 9.91. The van der Waals surface area contributed by atoms with Crippen molar-refractivity contribution in [2.24, 2.45) is 0 Å². The number of hydrogen-bond acceptors (Lipinski definition) is 3. The van der Waals surface area contributed by atoms with Gasteiger partial charge in [0, 0.05) is 35.1 Å². The molecule has 2 aromatic rings. The maximum absolute atomic E-state index is 9.82. The van der Waals surface area contributed by atoms with E-state index in [4.69, 9.17) is 11.6 Å². The summed E-state index contributed by atoms with van der Waals surface area (Å²) in [6.07, 6.45) is 5.17. The van der Waals surface area contributed by atoms with Gasteiger partial charge in [0.15, 0.2) is 0 Å². The van der Waals surface area contributed by atoms with Crippen molar-refractivity contribution in [3.05, 3.63) is 34.5 Å². The zero-order valence-electron chi connectivity index (χ0n) is 14.4. The van der Waals surface area contributed by atoms with Crippen LogP contribution in [0, 0.1) is 0 Å². The van der Waals surface area contributed by atoms with Gasteiger partial charge in [0.25, 0.3) is 0 Å². The van der Waals surface area contributed by atoms with Crippen LogP contribution >= 0.6 is 11.6 Å². The van der Waals surface area contributed by atoms with Crippen molar-refractivity contribution in [1.82, 2.24) is 9.88 Å². The first-order chi connectivity index (χ1) is 11.6. The highest BCUT2D eigenvalue weighted by atomic mass is 35.5. The van der Waals surface area contributed by atoms with E-state index in [2.05, 4.69) is 26.8 Å². The van der Waals surface area contributed by atoms with Gasteiger partial charge in [0.05, 0.1) is 12.6 Å². The summed E-state index contributed by atoms with van der Waals surface area (Å²) < 4.78 is 4.40. The number of benzene rings is 1. The number of nitrogens with zero attached hydrogens (tertiary/aromatic N) is 1. The van der Waals surface area contributed by atoms with E-state index in [1.165, 1.54) is 61.4 Å². The number of carbonyl (C=O) groups is 1. The first kappa shape index (κ1) is 17.3. The quantitative estimate of drug-likeness (QED) is 0.773. The number of aromatic amines is 1. The Bertz CT molecular complexity index is 725. The molecule has 3 heterocycles. The van der Waals surface area contributed by atoms with Gasteiger partial charge in [0.2, 0.25) is 0 Å². The number of piperidine rings is 1. The summed E-state index contributed by atoms with van der Waals surface area (Å²) >= 11 is 6.13. The summed E-state index contributed by atoms with van der Waals surface area (Å²) in [6.45, 7) is 6.12. The Morgan fingerprint density at radius 2 is 2.21 bits per heavy atom. The number of rotatable bonds is 1. The number of H-pyrrole nitrogens is 1. The SMILES string of the molecule is CCOC(C)=O.Clc1ccc2[nH]c3c(c2c1)CCN1CCCCC31. The molecule has 0 bridgehead atoms. The van der Waals surface area contributed by atoms with E-state index in [0.717, 1.165) is 11.4 Å². The third-order valence-corrected chi connectivity index (χ3v) is 5.08. The maximum Gasteiger partial charge on any atom is 0.302 e. The Morgan fingerprint density at radius 1 is 1.38 bits per heavy atom. The lowest BCUT2D eigenvalue weighted by Crippen LogP contribution is -2.38. The van der Waals surface area contributed by atoms with Gasteiger partial charge < -0.3 is 9.72 Å². The largest absolute Gasteiger partial charge is 0.466 e. The van der Waals surface area contributed by atoms with Crippen molar-refractivity contribution in [2.45, 2.75) is 45.6 Å². The second-order valence-electron chi connectivity index (χ2n) is 6.43. The van der Waals surface area contributed by atoms with Crippen LogP contribution in [-0.4, -0.2) is 35.5 Å². The molecule has 0 aliphatic carbocycles. The van der Waals surface area contributed by atoms with Crippen LogP contribution in [0.15, 0.2) is 18.2 Å². The smallest absolute Gasteiger partial charge is 0.302 e. The Balaban J connectivity index is 0.000000246. The number of aromatic nitrogens is 1. The van der Waals surface area contributed by atoms with Gasteiger partial charge in [0.1, 0.15) is 0 Å². The molecule has 1 aromatic carbocycles. The number of fused-ring (bicyclic) bond motifs is 5. The predicted molar refractivity (Wildman–Crippen MR) is 97.5 cm³/mol. The summed E-state index contributed by atoms with van der Waals surface area (Å²) in [7, 11) is 0. The lowest BCUT2D eigenvalue weighted by Gasteiger charge is -2.39. The van der Waals surface area contributed by atoms with E-state index < -0.39 is 0 Å². The molecule has 0 amide bonds. The van der Waals surface area contributed by atoms with Gasteiger partial charge in [-0.2, -0.15) is 0 Å². The topological polar surface area (TPSA) is 45.3 Å². The van der Waals surface area contributed by atoms with Crippen molar-refractivity contribution in [3.8, 4) is 0 Å². The van der Waals surface area contributed by atoms with E-state index in [1.54, 1.807) is 6.92 Å². The van der Waals surface area contributed by atoms with Crippen LogP contribution in [0.4, 0.5) is 0 Å². The molecule has 1 aromatic heterocycles. The molecule has 4 rings (SSSR count). The van der Waals surface area contributed by atoms with Crippen LogP contribution in [0.2, 0.25) is 5.02 Å². The third kappa shape index (κ3) is 3.60. The molecule has 1 fully saturated rings. The predicted octanol–water partition coefficient (Wildman–Crippen LogP) is 4.47. The summed E-state index contributed by atoms with van der Waals surface area (Å²) in [4.78, 5) is 16.1. The molecule has 2 aliphatic heterocycles. The minimum absolute atomic E-state index is 0.211. The fourth-order valence-electron chi connectivity index (χ4n) is 3.84. The minimum atomic E-state index is -0.211. The molecule has 1 unspecified atom stereocenters. The molecular weight excluding hydrogens is 324 g/mol. The lowest BCUT2D eigenvalue weighted by molar-refractivity contribution is -0.140. The van der Waals surface area contributed by atoms with Crippen LogP contribution < -0.4 is 0 Å². The number of esters is 1. The average Bonchev–Trinajstić information content (AvgIpc) is 2.93. The van der Waals surface area contributed by atoms with Crippen LogP contribution in [0.5, 0.6) is 0 Å².